The zero-order valence-electron chi connectivity index (χ0n) is 17.3. The summed E-state index contributed by atoms with van der Waals surface area (Å²) in [6, 6.07) is 15.4. The molecule has 1 fully saturated rings. The number of ether oxygens (including phenoxy) is 1. The molecular formula is C24H21FN4O3. The molecule has 0 bridgehead atoms. The molecule has 0 saturated carbocycles. The zero-order chi connectivity index (χ0) is 21.9. The molecule has 1 aliphatic rings. The van der Waals surface area contributed by atoms with Crippen LogP contribution < -0.4 is 4.74 Å². The summed E-state index contributed by atoms with van der Waals surface area (Å²) in [6.45, 7) is 0.786. The van der Waals surface area contributed by atoms with Crippen LogP contribution in [0.25, 0.3) is 22.4 Å². The first-order valence-electron chi connectivity index (χ1n) is 10.5. The van der Waals surface area contributed by atoms with Crippen LogP contribution in [-0.2, 0) is 4.79 Å². The second-order valence-electron chi connectivity index (χ2n) is 7.63. The lowest BCUT2D eigenvalue weighted by Gasteiger charge is -2.22. The number of benzene rings is 2. The van der Waals surface area contributed by atoms with Crippen LogP contribution in [0.4, 0.5) is 4.39 Å². The highest BCUT2D eigenvalue weighted by molar-refractivity contribution is 5.92. The normalized spacial score (nSPS) is 15.9. The Morgan fingerprint density at radius 1 is 1.16 bits per heavy atom. The molecule has 0 unspecified atom stereocenters. The summed E-state index contributed by atoms with van der Waals surface area (Å²) >= 11 is 0. The third-order valence-electron chi connectivity index (χ3n) is 5.56. The first kappa shape index (κ1) is 20.1. The Kier molecular flexibility index (Phi) is 5.49. The summed E-state index contributed by atoms with van der Waals surface area (Å²) in [5, 5.41) is 10.4. The monoisotopic (exact) mass is 432 g/mol. The molecule has 7 nitrogen and oxygen atoms in total. The minimum Gasteiger partial charge on any atom is -0.493 e. The maximum Gasteiger partial charge on any atom is 0.267 e. The van der Waals surface area contributed by atoms with E-state index in [1.807, 2.05) is 30.3 Å². The molecule has 0 aliphatic carbocycles. The van der Waals surface area contributed by atoms with Gasteiger partial charge in [0, 0.05) is 24.2 Å². The van der Waals surface area contributed by atoms with Crippen LogP contribution in [0.5, 0.6) is 5.75 Å². The van der Waals surface area contributed by atoms with E-state index in [2.05, 4.69) is 15.2 Å². The van der Waals surface area contributed by atoms with Crippen LogP contribution >= 0.6 is 0 Å². The lowest BCUT2D eigenvalue weighted by molar-refractivity contribution is -0.133. The Morgan fingerprint density at radius 3 is 2.97 bits per heavy atom. The van der Waals surface area contributed by atoms with Crippen molar-refractivity contribution in [3.63, 3.8) is 0 Å². The molecule has 3 heterocycles. The largest absolute Gasteiger partial charge is 0.493 e. The molecule has 1 amide bonds. The average Bonchev–Trinajstić information content (AvgIpc) is 3.48. The van der Waals surface area contributed by atoms with Gasteiger partial charge in [-0.15, -0.1) is 10.2 Å². The van der Waals surface area contributed by atoms with E-state index < -0.39 is 0 Å². The third-order valence-corrected chi connectivity index (χ3v) is 5.56. The number of hydrogen-bond donors (Lipinski definition) is 0. The summed E-state index contributed by atoms with van der Waals surface area (Å²) in [5.41, 5.74) is 0.626. The van der Waals surface area contributed by atoms with Gasteiger partial charge < -0.3 is 14.1 Å². The Hall–Kier alpha value is -3.81. The van der Waals surface area contributed by atoms with Gasteiger partial charge in [-0.2, -0.15) is 0 Å². The van der Waals surface area contributed by atoms with Gasteiger partial charge in [0.05, 0.1) is 13.0 Å². The molecule has 2 aromatic carbocycles. The number of amides is 1. The predicted molar refractivity (Wildman–Crippen MR) is 115 cm³/mol. The quantitative estimate of drug-likeness (QED) is 0.444. The van der Waals surface area contributed by atoms with Crippen molar-refractivity contribution in [2.75, 3.05) is 13.2 Å². The van der Waals surface area contributed by atoms with Gasteiger partial charge in [0.2, 0.25) is 11.8 Å². The lowest BCUT2D eigenvalue weighted by Crippen LogP contribution is -2.31. The van der Waals surface area contributed by atoms with Crippen molar-refractivity contribution >= 4 is 16.7 Å². The van der Waals surface area contributed by atoms with Crippen molar-refractivity contribution in [1.82, 2.24) is 20.1 Å². The highest BCUT2D eigenvalue weighted by Gasteiger charge is 2.34. The highest BCUT2D eigenvalue weighted by atomic mass is 19.1. The van der Waals surface area contributed by atoms with Gasteiger partial charge in [-0.05, 0) is 36.4 Å². The van der Waals surface area contributed by atoms with E-state index in [1.165, 1.54) is 12.1 Å². The van der Waals surface area contributed by atoms with E-state index in [1.54, 1.807) is 23.2 Å². The van der Waals surface area contributed by atoms with Gasteiger partial charge in [0.1, 0.15) is 23.3 Å². The Morgan fingerprint density at radius 2 is 2.06 bits per heavy atom. The van der Waals surface area contributed by atoms with E-state index >= 15 is 0 Å². The number of nitrogens with zero attached hydrogens (tertiary/aromatic N) is 4. The molecule has 0 radical (unpaired) electrons. The third kappa shape index (κ3) is 4.03. The van der Waals surface area contributed by atoms with E-state index in [0.717, 1.165) is 23.6 Å². The van der Waals surface area contributed by atoms with Crippen molar-refractivity contribution in [2.45, 2.75) is 25.3 Å². The SMILES string of the molecule is O=C(CCOc1cccc(F)c1)N1CCC[C@H]1c1nnc(-c2nccc3ccccc23)o1. The van der Waals surface area contributed by atoms with Gasteiger partial charge >= 0.3 is 0 Å². The van der Waals surface area contributed by atoms with Crippen molar-refractivity contribution in [3.8, 4) is 17.3 Å². The summed E-state index contributed by atoms with van der Waals surface area (Å²) in [4.78, 5) is 19.0. The second kappa shape index (κ2) is 8.74. The Balaban J connectivity index is 1.28. The molecule has 1 atom stereocenters. The number of rotatable bonds is 6. The van der Waals surface area contributed by atoms with Gasteiger partial charge in [-0.25, -0.2) is 4.39 Å². The fraction of sp³-hybridized carbons (Fsp3) is 0.250. The number of pyridine rings is 1. The molecule has 1 aliphatic heterocycles. The molecule has 2 aromatic heterocycles. The first-order valence-corrected chi connectivity index (χ1v) is 10.5. The van der Waals surface area contributed by atoms with Gasteiger partial charge in [0.15, 0.2) is 0 Å². The van der Waals surface area contributed by atoms with Crippen molar-refractivity contribution in [2.24, 2.45) is 0 Å². The van der Waals surface area contributed by atoms with Gasteiger partial charge in [-0.1, -0.05) is 30.3 Å². The van der Waals surface area contributed by atoms with Crippen LogP contribution in [0.3, 0.4) is 0 Å². The van der Waals surface area contributed by atoms with Gasteiger partial charge in [-0.3, -0.25) is 9.78 Å². The summed E-state index contributed by atoms with van der Waals surface area (Å²) < 4.78 is 24.8. The van der Waals surface area contributed by atoms with Crippen LogP contribution in [0, 0.1) is 5.82 Å². The summed E-state index contributed by atoms with van der Waals surface area (Å²) in [7, 11) is 0. The first-order chi connectivity index (χ1) is 15.7. The fourth-order valence-electron chi connectivity index (χ4n) is 4.03. The highest BCUT2D eigenvalue weighted by Crippen LogP contribution is 2.34. The smallest absolute Gasteiger partial charge is 0.267 e. The molecular weight excluding hydrogens is 411 g/mol. The summed E-state index contributed by atoms with van der Waals surface area (Å²) in [5.74, 6) is 0.713. The molecule has 8 heteroatoms. The number of fused-ring (bicyclic) bond motifs is 1. The van der Waals surface area contributed by atoms with Crippen LogP contribution in [0.2, 0.25) is 0 Å². The molecule has 0 spiro atoms. The molecule has 4 aromatic rings. The van der Waals surface area contributed by atoms with Crippen LogP contribution in [0.1, 0.15) is 31.2 Å². The van der Waals surface area contributed by atoms with E-state index in [-0.39, 0.29) is 30.8 Å². The minimum absolute atomic E-state index is 0.0630. The van der Waals surface area contributed by atoms with E-state index in [0.29, 0.717) is 29.8 Å². The predicted octanol–water partition coefficient (Wildman–Crippen LogP) is 4.56. The molecule has 1 saturated heterocycles. The van der Waals surface area contributed by atoms with E-state index in [9.17, 15) is 9.18 Å². The number of aromatic nitrogens is 3. The maximum atomic E-state index is 13.3. The maximum absolute atomic E-state index is 13.3. The average molecular weight is 432 g/mol. The topological polar surface area (TPSA) is 81.4 Å². The van der Waals surface area contributed by atoms with Crippen molar-refractivity contribution in [3.05, 3.63) is 72.5 Å². The number of carbonyl (C=O) groups is 1. The van der Waals surface area contributed by atoms with Crippen molar-refractivity contribution < 1.29 is 18.3 Å². The Labute approximate surface area is 183 Å². The molecule has 162 valence electrons. The number of carbonyl (C=O) groups excluding carboxylic acids is 1. The zero-order valence-corrected chi connectivity index (χ0v) is 17.3. The number of halogens is 1. The molecule has 0 N–H and O–H groups in total. The van der Waals surface area contributed by atoms with Crippen molar-refractivity contribution in [1.29, 1.82) is 0 Å². The minimum atomic E-state index is -0.374. The van der Waals surface area contributed by atoms with Gasteiger partial charge in [0.25, 0.3) is 5.89 Å². The standard InChI is InChI=1S/C24H21FN4O3/c25-17-6-3-7-18(15-17)31-14-11-21(30)29-13-4-9-20(29)23-27-28-24(32-23)22-19-8-2-1-5-16(19)10-12-26-22/h1-3,5-8,10,12,15,20H,4,9,11,13-14H2/t20-/m0/s1. The molecule has 5 rings (SSSR count). The van der Waals surface area contributed by atoms with Crippen LogP contribution in [0.15, 0.2) is 65.2 Å². The number of hydrogen-bond acceptors (Lipinski definition) is 6. The second-order valence-corrected chi connectivity index (χ2v) is 7.63. The van der Waals surface area contributed by atoms with E-state index in [4.69, 9.17) is 9.15 Å². The summed E-state index contributed by atoms with van der Waals surface area (Å²) in [6.07, 6.45) is 3.50. The number of likely N-dealkylation sites (tertiary alicyclic amines) is 1. The Bertz CT molecular complexity index is 1250. The van der Waals surface area contributed by atoms with Crippen LogP contribution in [-0.4, -0.2) is 39.1 Å². The molecule has 32 heavy (non-hydrogen) atoms. The fourth-order valence-corrected chi connectivity index (χ4v) is 4.03. The lowest BCUT2D eigenvalue weighted by atomic mass is 10.1.